The van der Waals surface area contributed by atoms with Gasteiger partial charge in [-0.3, -0.25) is 4.79 Å². The van der Waals surface area contributed by atoms with Crippen molar-refractivity contribution in [2.24, 2.45) is 0 Å². The van der Waals surface area contributed by atoms with Crippen LogP contribution in [0.25, 0.3) is 10.9 Å². The number of hydrogen-bond donors (Lipinski definition) is 1. The van der Waals surface area contributed by atoms with Crippen LogP contribution < -0.4 is 0 Å². The van der Waals surface area contributed by atoms with Crippen LogP contribution >= 0.6 is 34.2 Å². The van der Waals surface area contributed by atoms with Crippen molar-refractivity contribution >= 4 is 50.9 Å². The quantitative estimate of drug-likeness (QED) is 0.508. The fourth-order valence-electron chi connectivity index (χ4n) is 2.07. The van der Waals surface area contributed by atoms with Gasteiger partial charge in [-0.1, -0.05) is 11.6 Å². The van der Waals surface area contributed by atoms with E-state index in [0.29, 0.717) is 16.1 Å². The van der Waals surface area contributed by atoms with Gasteiger partial charge in [-0.05, 0) is 65.1 Å². The number of fused-ring (bicyclic) bond motifs is 1. The number of halogens is 2. The van der Waals surface area contributed by atoms with Gasteiger partial charge in [0, 0.05) is 31.3 Å². The molecule has 4 heteroatoms. The standard InChI is InChI=1S/C15H9ClINO/c16-11-7-10-5-6-18-14(10)13(8-11)15(19)9-1-3-12(17)4-2-9/h1-8,18H. The van der Waals surface area contributed by atoms with Crippen molar-refractivity contribution in [2.75, 3.05) is 0 Å². The Labute approximate surface area is 128 Å². The van der Waals surface area contributed by atoms with E-state index in [1.165, 1.54) is 0 Å². The van der Waals surface area contributed by atoms with E-state index in [2.05, 4.69) is 27.6 Å². The number of aromatic amines is 1. The van der Waals surface area contributed by atoms with E-state index in [-0.39, 0.29) is 5.78 Å². The van der Waals surface area contributed by atoms with Gasteiger partial charge in [0.05, 0.1) is 5.52 Å². The molecule has 19 heavy (non-hydrogen) atoms. The molecule has 2 aromatic carbocycles. The second kappa shape index (κ2) is 4.98. The number of ketones is 1. The largest absolute Gasteiger partial charge is 0.361 e. The topological polar surface area (TPSA) is 32.9 Å². The van der Waals surface area contributed by atoms with Gasteiger partial charge in [-0.25, -0.2) is 0 Å². The molecule has 0 amide bonds. The summed E-state index contributed by atoms with van der Waals surface area (Å²) in [6.45, 7) is 0. The first-order chi connectivity index (χ1) is 9.15. The van der Waals surface area contributed by atoms with Crippen molar-refractivity contribution in [3.63, 3.8) is 0 Å². The number of nitrogens with one attached hydrogen (secondary N) is 1. The molecule has 0 spiro atoms. The molecule has 1 aromatic heterocycles. The first-order valence-electron chi connectivity index (χ1n) is 5.72. The van der Waals surface area contributed by atoms with Crippen molar-refractivity contribution in [1.29, 1.82) is 0 Å². The van der Waals surface area contributed by atoms with Gasteiger partial charge in [0.25, 0.3) is 0 Å². The lowest BCUT2D eigenvalue weighted by Crippen LogP contribution is -2.02. The molecule has 3 aromatic rings. The summed E-state index contributed by atoms with van der Waals surface area (Å²) in [4.78, 5) is 15.6. The molecular formula is C15H9ClINO. The smallest absolute Gasteiger partial charge is 0.195 e. The van der Waals surface area contributed by atoms with Crippen LogP contribution in [0.5, 0.6) is 0 Å². The highest BCUT2D eigenvalue weighted by Crippen LogP contribution is 2.25. The van der Waals surface area contributed by atoms with Crippen LogP contribution in [0.3, 0.4) is 0 Å². The van der Waals surface area contributed by atoms with Gasteiger partial charge < -0.3 is 4.98 Å². The highest BCUT2D eigenvalue weighted by Gasteiger charge is 2.14. The average Bonchev–Trinajstić information content (AvgIpc) is 2.85. The first-order valence-corrected chi connectivity index (χ1v) is 7.18. The Morgan fingerprint density at radius 1 is 1.11 bits per heavy atom. The van der Waals surface area contributed by atoms with E-state index in [0.717, 1.165) is 14.5 Å². The normalized spacial score (nSPS) is 10.8. The first kappa shape index (κ1) is 12.7. The molecule has 3 rings (SSSR count). The maximum atomic E-state index is 12.5. The minimum absolute atomic E-state index is 0.0219. The minimum Gasteiger partial charge on any atom is -0.361 e. The zero-order valence-corrected chi connectivity index (χ0v) is 12.7. The Kier molecular flexibility index (Phi) is 3.33. The molecule has 1 N–H and O–H groups in total. The van der Waals surface area contributed by atoms with Crippen molar-refractivity contribution in [3.05, 3.63) is 68.4 Å². The van der Waals surface area contributed by atoms with Crippen LogP contribution in [0.1, 0.15) is 15.9 Å². The zero-order valence-electron chi connectivity index (χ0n) is 9.78. The third kappa shape index (κ3) is 2.40. The summed E-state index contributed by atoms with van der Waals surface area (Å²) in [6.07, 6.45) is 1.81. The van der Waals surface area contributed by atoms with Gasteiger partial charge >= 0.3 is 0 Å². The van der Waals surface area contributed by atoms with E-state index >= 15 is 0 Å². The SMILES string of the molecule is O=C(c1ccc(I)cc1)c1cc(Cl)cc2cc[nH]c12. The molecular weight excluding hydrogens is 373 g/mol. The number of aromatic nitrogens is 1. The fourth-order valence-corrected chi connectivity index (χ4v) is 2.66. The lowest BCUT2D eigenvalue weighted by molar-refractivity contribution is 0.104. The van der Waals surface area contributed by atoms with Crippen molar-refractivity contribution in [2.45, 2.75) is 0 Å². The molecule has 0 atom stereocenters. The van der Waals surface area contributed by atoms with E-state index in [4.69, 9.17) is 11.6 Å². The number of hydrogen-bond acceptors (Lipinski definition) is 1. The van der Waals surface area contributed by atoms with E-state index < -0.39 is 0 Å². The summed E-state index contributed by atoms with van der Waals surface area (Å²) in [6, 6.07) is 13.0. The highest BCUT2D eigenvalue weighted by atomic mass is 127. The van der Waals surface area contributed by atoms with Gasteiger partial charge in [-0.2, -0.15) is 0 Å². The molecule has 0 aliphatic heterocycles. The molecule has 0 bridgehead atoms. The fraction of sp³-hybridized carbons (Fsp3) is 0. The highest BCUT2D eigenvalue weighted by molar-refractivity contribution is 14.1. The third-order valence-corrected chi connectivity index (χ3v) is 3.91. The van der Waals surface area contributed by atoms with Crippen LogP contribution in [0.4, 0.5) is 0 Å². The van der Waals surface area contributed by atoms with Crippen LogP contribution in [0, 0.1) is 3.57 Å². The zero-order chi connectivity index (χ0) is 13.4. The summed E-state index contributed by atoms with van der Waals surface area (Å²) in [7, 11) is 0. The number of benzene rings is 2. The summed E-state index contributed by atoms with van der Waals surface area (Å²) in [5, 5.41) is 1.52. The van der Waals surface area contributed by atoms with E-state index in [9.17, 15) is 4.79 Å². The Hall–Kier alpha value is -1.33. The van der Waals surface area contributed by atoms with E-state index in [1.54, 1.807) is 6.07 Å². The van der Waals surface area contributed by atoms with Gasteiger partial charge in [0.1, 0.15) is 0 Å². The van der Waals surface area contributed by atoms with Crippen molar-refractivity contribution < 1.29 is 4.79 Å². The number of carbonyl (C=O) groups excluding carboxylic acids is 1. The molecule has 1 heterocycles. The van der Waals surface area contributed by atoms with Crippen LogP contribution in [-0.2, 0) is 0 Å². The second-order valence-electron chi connectivity index (χ2n) is 4.23. The minimum atomic E-state index is -0.0219. The van der Waals surface area contributed by atoms with E-state index in [1.807, 2.05) is 42.6 Å². The molecule has 94 valence electrons. The molecule has 0 saturated carbocycles. The molecule has 0 aliphatic rings. The number of H-pyrrole nitrogens is 1. The molecule has 0 unspecified atom stereocenters. The van der Waals surface area contributed by atoms with Crippen molar-refractivity contribution in [1.82, 2.24) is 4.98 Å². The van der Waals surface area contributed by atoms with Crippen LogP contribution in [-0.4, -0.2) is 10.8 Å². The Morgan fingerprint density at radius 2 is 1.84 bits per heavy atom. The Balaban J connectivity index is 2.15. The lowest BCUT2D eigenvalue weighted by Gasteiger charge is -2.04. The number of carbonyl (C=O) groups is 1. The maximum absolute atomic E-state index is 12.5. The Bertz CT molecular complexity index is 761. The van der Waals surface area contributed by atoms with Gasteiger partial charge in [-0.15, -0.1) is 0 Å². The summed E-state index contributed by atoms with van der Waals surface area (Å²) in [5.41, 5.74) is 2.10. The van der Waals surface area contributed by atoms with Gasteiger partial charge in [0.2, 0.25) is 0 Å². The number of rotatable bonds is 2. The van der Waals surface area contributed by atoms with Gasteiger partial charge in [0.15, 0.2) is 5.78 Å². The molecule has 2 nitrogen and oxygen atoms in total. The molecule has 0 radical (unpaired) electrons. The maximum Gasteiger partial charge on any atom is 0.195 e. The average molecular weight is 382 g/mol. The van der Waals surface area contributed by atoms with Crippen molar-refractivity contribution in [3.8, 4) is 0 Å². The predicted octanol–water partition coefficient (Wildman–Crippen LogP) is 4.66. The molecule has 0 aliphatic carbocycles. The summed E-state index contributed by atoms with van der Waals surface area (Å²) < 4.78 is 1.10. The molecule has 0 fully saturated rings. The second-order valence-corrected chi connectivity index (χ2v) is 5.91. The van der Waals surface area contributed by atoms with Crippen LogP contribution in [0.2, 0.25) is 5.02 Å². The predicted molar refractivity (Wildman–Crippen MR) is 85.9 cm³/mol. The lowest BCUT2D eigenvalue weighted by atomic mass is 10.0. The molecule has 0 saturated heterocycles. The Morgan fingerprint density at radius 3 is 2.58 bits per heavy atom. The third-order valence-electron chi connectivity index (χ3n) is 2.98. The summed E-state index contributed by atoms with van der Waals surface area (Å²) in [5.74, 6) is -0.0219. The monoisotopic (exact) mass is 381 g/mol. The summed E-state index contributed by atoms with van der Waals surface area (Å²) >= 11 is 8.28. The van der Waals surface area contributed by atoms with Crippen LogP contribution in [0.15, 0.2) is 48.7 Å².